The summed E-state index contributed by atoms with van der Waals surface area (Å²) in [5.41, 5.74) is 4.18. The van der Waals surface area contributed by atoms with Gasteiger partial charge < -0.3 is 4.74 Å². The Morgan fingerprint density at radius 1 is 1.17 bits per heavy atom. The number of halogens is 1. The van der Waals surface area contributed by atoms with Crippen LogP contribution in [0.1, 0.15) is 55.1 Å². The van der Waals surface area contributed by atoms with Crippen molar-refractivity contribution in [3.8, 4) is 5.75 Å². The van der Waals surface area contributed by atoms with E-state index >= 15 is 0 Å². The lowest BCUT2D eigenvalue weighted by molar-refractivity contribution is 0.365. The summed E-state index contributed by atoms with van der Waals surface area (Å²) in [5.74, 6) is 1.01. The van der Waals surface area contributed by atoms with E-state index in [0.717, 1.165) is 12.2 Å². The molecule has 0 saturated carbocycles. The normalized spacial score (nSPS) is 13.5. The van der Waals surface area contributed by atoms with E-state index in [1.807, 2.05) is 0 Å². The molecule has 0 aliphatic carbocycles. The number of ether oxygens (including phenoxy) is 1. The van der Waals surface area contributed by atoms with Gasteiger partial charge in [0.15, 0.2) is 0 Å². The van der Waals surface area contributed by atoms with Crippen LogP contribution in [0.5, 0.6) is 5.75 Å². The number of hydrogen-bond acceptors (Lipinski definition) is 1. The molecule has 0 radical (unpaired) electrons. The molecule has 0 N–H and O–H groups in total. The third kappa shape index (κ3) is 4.31. The molecule has 0 spiro atoms. The molecule has 18 heavy (non-hydrogen) atoms. The van der Waals surface area contributed by atoms with Gasteiger partial charge in [-0.3, -0.25) is 0 Å². The lowest BCUT2D eigenvalue weighted by atomic mass is 9.88. The molecule has 0 aliphatic rings. The molecule has 0 amide bonds. The van der Waals surface area contributed by atoms with Gasteiger partial charge in [-0.25, -0.2) is 0 Å². The van der Waals surface area contributed by atoms with E-state index in [9.17, 15) is 0 Å². The van der Waals surface area contributed by atoms with Gasteiger partial charge in [-0.1, -0.05) is 48.8 Å². The standard InChI is InChI=1S/C16H25BrO/c1-11-9-13(10-12(2)15(11)18-6)14(17)7-8-16(3,4)5/h9-10,14H,7-8H2,1-6H3. The Bertz CT molecular complexity index is 381. The van der Waals surface area contributed by atoms with Crippen LogP contribution in [-0.4, -0.2) is 7.11 Å². The van der Waals surface area contributed by atoms with E-state index in [1.54, 1.807) is 7.11 Å². The van der Waals surface area contributed by atoms with Crippen molar-refractivity contribution in [2.75, 3.05) is 7.11 Å². The van der Waals surface area contributed by atoms with E-state index < -0.39 is 0 Å². The van der Waals surface area contributed by atoms with Crippen LogP contribution in [0.4, 0.5) is 0 Å². The second-order valence-electron chi connectivity index (χ2n) is 6.25. The minimum absolute atomic E-state index is 0.391. The predicted molar refractivity (Wildman–Crippen MR) is 82.8 cm³/mol. The van der Waals surface area contributed by atoms with E-state index in [-0.39, 0.29) is 0 Å². The summed E-state index contributed by atoms with van der Waals surface area (Å²) in [6, 6.07) is 4.46. The van der Waals surface area contributed by atoms with Crippen LogP contribution in [-0.2, 0) is 0 Å². The number of benzene rings is 1. The molecule has 1 nitrogen and oxygen atoms in total. The molecular weight excluding hydrogens is 288 g/mol. The summed E-state index contributed by atoms with van der Waals surface area (Å²) in [4.78, 5) is 0.431. The summed E-state index contributed by atoms with van der Waals surface area (Å²) in [7, 11) is 1.74. The van der Waals surface area contributed by atoms with E-state index in [1.165, 1.54) is 23.1 Å². The van der Waals surface area contributed by atoms with Crippen molar-refractivity contribution in [2.24, 2.45) is 5.41 Å². The second-order valence-corrected chi connectivity index (χ2v) is 7.36. The van der Waals surface area contributed by atoms with E-state index in [0.29, 0.717) is 10.2 Å². The van der Waals surface area contributed by atoms with Gasteiger partial charge in [-0.05, 0) is 48.8 Å². The van der Waals surface area contributed by atoms with Crippen LogP contribution < -0.4 is 4.74 Å². The van der Waals surface area contributed by atoms with Gasteiger partial charge in [-0.15, -0.1) is 0 Å². The Labute approximate surface area is 120 Å². The van der Waals surface area contributed by atoms with Crippen LogP contribution in [0.3, 0.4) is 0 Å². The topological polar surface area (TPSA) is 9.23 Å². The van der Waals surface area contributed by atoms with Gasteiger partial charge in [0, 0.05) is 4.83 Å². The van der Waals surface area contributed by atoms with Crippen molar-refractivity contribution in [3.63, 3.8) is 0 Å². The monoisotopic (exact) mass is 312 g/mol. The third-order valence-corrected chi connectivity index (χ3v) is 4.18. The zero-order valence-electron chi connectivity index (χ0n) is 12.4. The van der Waals surface area contributed by atoms with Crippen LogP contribution in [0.15, 0.2) is 12.1 Å². The summed E-state index contributed by atoms with van der Waals surface area (Å²) < 4.78 is 5.41. The number of alkyl halides is 1. The summed E-state index contributed by atoms with van der Waals surface area (Å²) in [5, 5.41) is 0. The fraction of sp³-hybridized carbons (Fsp3) is 0.625. The van der Waals surface area contributed by atoms with Crippen molar-refractivity contribution >= 4 is 15.9 Å². The Morgan fingerprint density at radius 2 is 1.67 bits per heavy atom. The van der Waals surface area contributed by atoms with Crippen LogP contribution in [0.25, 0.3) is 0 Å². The van der Waals surface area contributed by atoms with Gasteiger partial charge in [0.2, 0.25) is 0 Å². The van der Waals surface area contributed by atoms with Gasteiger partial charge >= 0.3 is 0 Å². The molecule has 2 heteroatoms. The first-order valence-electron chi connectivity index (χ1n) is 6.54. The van der Waals surface area contributed by atoms with E-state index in [2.05, 4.69) is 62.7 Å². The van der Waals surface area contributed by atoms with Crippen molar-refractivity contribution in [3.05, 3.63) is 28.8 Å². The van der Waals surface area contributed by atoms with Crippen molar-refractivity contribution in [1.29, 1.82) is 0 Å². The molecule has 1 aromatic rings. The molecule has 1 atom stereocenters. The highest BCUT2D eigenvalue weighted by Crippen LogP contribution is 2.36. The average Bonchev–Trinajstić information content (AvgIpc) is 2.24. The fourth-order valence-corrected chi connectivity index (χ4v) is 2.71. The average molecular weight is 313 g/mol. The smallest absolute Gasteiger partial charge is 0.124 e. The zero-order chi connectivity index (χ0) is 13.9. The predicted octanol–water partition coefficient (Wildman–Crippen LogP) is 5.57. The van der Waals surface area contributed by atoms with Crippen molar-refractivity contribution in [1.82, 2.24) is 0 Å². The van der Waals surface area contributed by atoms with Gasteiger partial charge in [0.25, 0.3) is 0 Å². The first-order chi connectivity index (χ1) is 8.24. The first kappa shape index (κ1) is 15.6. The third-order valence-electron chi connectivity index (χ3n) is 3.20. The zero-order valence-corrected chi connectivity index (χ0v) is 14.0. The molecule has 1 rings (SSSR count). The quantitative estimate of drug-likeness (QED) is 0.660. The maximum absolute atomic E-state index is 5.41. The number of rotatable bonds is 4. The maximum atomic E-state index is 5.41. The minimum atomic E-state index is 0.391. The Kier molecular flexibility index (Phi) is 5.27. The number of methoxy groups -OCH3 is 1. The molecule has 1 aromatic carbocycles. The number of aryl methyl sites for hydroxylation is 2. The maximum Gasteiger partial charge on any atom is 0.124 e. The molecule has 0 aromatic heterocycles. The Hall–Kier alpha value is -0.500. The van der Waals surface area contributed by atoms with Crippen LogP contribution in [0.2, 0.25) is 0 Å². The highest BCUT2D eigenvalue weighted by Gasteiger charge is 2.16. The van der Waals surface area contributed by atoms with Crippen molar-refractivity contribution < 1.29 is 4.74 Å². The molecule has 0 bridgehead atoms. The lowest BCUT2D eigenvalue weighted by Crippen LogP contribution is -2.06. The van der Waals surface area contributed by atoms with Crippen LogP contribution in [0, 0.1) is 19.3 Å². The SMILES string of the molecule is COc1c(C)cc(C(Br)CCC(C)(C)C)cc1C. The molecule has 102 valence electrons. The highest BCUT2D eigenvalue weighted by atomic mass is 79.9. The molecular formula is C16H25BrO. The molecule has 0 heterocycles. The Morgan fingerprint density at radius 3 is 2.06 bits per heavy atom. The van der Waals surface area contributed by atoms with Crippen molar-refractivity contribution in [2.45, 2.75) is 52.3 Å². The number of hydrogen-bond donors (Lipinski definition) is 0. The Balaban J connectivity index is 2.84. The van der Waals surface area contributed by atoms with E-state index in [4.69, 9.17) is 4.74 Å². The van der Waals surface area contributed by atoms with Crippen LogP contribution >= 0.6 is 15.9 Å². The summed E-state index contributed by atoms with van der Waals surface area (Å²) in [6.45, 7) is 11.1. The highest BCUT2D eigenvalue weighted by molar-refractivity contribution is 9.09. The summed E-state index contributed by atoms with van der Waals surface area (Å²) >= 11 is 3.81. The molecule has 0 fully saturated rings. The first-order valence-corrected chi connectivity index (χ1v) is 7.45. The van der Waals surface area contributed by atoms with Gasteiger partial charge in [0.1, 0.15) is 5.75 Å². The minimum Gasteiger partial charge on any atom is -0.496 e. The molecule has 0 saturated heterocycles. The fourth-order valence-electron chi connectivity index (χ4n) is 2.21. The lowest BCUT2D eigenvalue weighted by Gasteiger charge is -2.21. The largest absolute Gasteiger partial charge is 0.496 e. The second kappa shape index (κ2) is 6.10. The van der Waals surface area contributed by atoms with Gasteiger partial charge in [-0.2, -0.15) is 0 Å². The summed E-state index contributed by atoms with van der Waals surface area (Å²) in [6.07, 6.45) is 2.38. The van der Waals surface area contributed by atoms with Gasteiger partial charge in [0.05, 0.1) is 7.11 Å². The molecule has 1 unspecified atom stereocenters. The molecule has 0 aliphatic heterocycles.